The van der Waals surface area contributed by atoms with Gasteiger partial charge in [-0.05, 0) is 32.7 Å². The van der Waals surface area contributed by atoms with Crippen LogP contribution in [0.15, 0.2) is 12.1 Å². The van der Waals surface area contributed by atoms with Crippen LogP contribution in [0.2, 0.25) is 0 Å². The van der Waals surface area contributed by atoms with Gasteiger partial charge in [0.1, 0.15) is 0 Å². The lowest BCUT2D eigenvalue weighted by Crippen LogP contribution is -2.44. The molecule has 2 nitrogen and oxygen atoms in total. The maximum Gasteiger partial charge on any atom is 0.194 e. The number of hydrogen-bond acceptors (Lipinski definition) is 2. The SMILES string of the molecule is CN1C2CCC1CC(Nc1cc(F)c(F)c(F)c1)C2. The predicted molar refractivity (Wildman–Crippen MR) is 67.5 cm³/mol. The minimum absolute atomic E-state index is 0.206. The highest BCUT2D eigenvalue weighted by Gasteiger charge is 2.38. The summed E-state index contributed by atoms with van der Waals surface area (Å²) in [5.41, 5.74) is 0.324. The second-order valence-electron chi connectivity index (χ2n) is 5.62. The molecule has 0 radical (unpaired) electrons. The molecule has 1 aromatic rings. The van der Waals surface area contributed by atoms with Crippen LogP contribution in [0.3, 0.4) is 0 Å². The summed E-state index contributed by atoms with van der Waals surface area (Å²) >= 11 is 0. The number of nitrogens with one attached hydrogen (secondary N) is 1. The molecule has 1 N–H and O–H groups in total. The first-order chi connectivity index (χ1) is 9.04. The van der Waals surface area contributed by atoms with Gasteiger partial charge >= 0.3 is 0 Å². The Morgan fingerprint density at radius 3 is 2.11 bits per heavy atom. The molecule has 2 heterocycles. The van der Waals surface area contributed by atoms with Gasteiger partial charge in [0.25, 0.3) is 0 Å². The third kappa shape index (κ3) is 2.31. The second-order valence-corrected chi connectivity index (χ2v) is 5.62. The van der Waals surface area contributed by atoms with Crippen LogP contribution in [-0.2, 0) is 0 Å². The average molecular weight is 270 g/mol. The van der Waals surface area contributed by atoms with E-state index in [4.69, 9.17) is 0 Å². The number of anilines is 1. The van der Waals surface area contributed by atoms with Crippen LogP contribution in [-0.4, -0.2) is 30.1 Å². The van der Waals surface area contributed by atoms with Gasteiger partial charge in [0.2, 0.25) is 0 Å². The van der Waals surface area contributed by atoms with E-state index in [9.17, 15) is 13.2 Å². The van der Waals surface area contributed by atoms with Crippen molar-refractivity contribution >= 4 is 5.69 Å². The lowest BCUT2D eigenvalue weighted by Gasteiger charge is -2.37. The monoisotopic (exact) mass is 270 g/mol. The summed E-state index contributed by atoms with van der Waals surface area (Å²) in [6, 6.07) is 3.35. The topological polar surface area (TPSA) is 15.3 Å². The lowest BCUT2D eigenvalue weighted by molar-refractivity contribution is 0.169. The molecule has 2 unspecified atom stereocenters. The minimum atomic E-state index is -1.41. The number of nitrogens with zero attached hydrogens (tertiary/aromatic N) is 1. The Labute approximate surface area is 110 Å². The third-order valence-corrected chi connectivity index (χ3v) is 4.45. The van der Waals surface area contributed by atoms with Gasteiger partial charge < -0.3 is 10.2 Å². The molecule has 19 heavy (non-hydrogen) atoms. The standard InChI is InChI=1S/C14H17F3N2/c1-19-10-2-3-11(19)5-8(4-10)18-9-6-12(15)14(17)13(16)7-9/h6-8,10-11,18H,2-5H2,1H3. The molecule has 0 aliphatic carbocycles. The Bertz CT molecular complexity index is 455. The van der Waals surface area contributed by atoms with E-state index in [1.54, 1.807) is 0 Å². The highest BCUT2D eigenvalue weighted by atomic mass is 19.2. The van der Waals surface area contributed by atoms with Crippen LogP contribution >= 0.6 is 0 Å². The first-order valence-electron chi connectivity index (χ1n) is 6.67. The number of hydrogen-bond donors (Lipinski definition) is 1. The summed E-state index contributed by atoms with van der Waals surface area (Å²) in [7, 11) is 2.13. The molecule has 104 valence electrons. The van der Waals surface area contributed by atoms with E-state index in [0.717, 1.165) is 25.0 Å². The van der Waals surface area contributed by atoms with Crippen molar-refractivity contribution in [3.8, 4) is 0 Å². The first-order valence-corrected chi connectivity index (χ1v) is 6.67. The smallest absolute Gasteiger partial charge is 0.194 e. The molecule has 2 aliphatic heterocycles. The molecule has 0 aromatic heterocycles. The van der Waals surface area contributed by atoms with Gasteiger partial charge in [0.15, 0.2) is 17.5 Å². The van der Waals surface area contributed by atoms with Crippen LogP contribution in [0, 0.1) is 17.5 Å². The first kappa shape index (κ1) is 12.8. The Balaban J connectivity index is 1.73. The Morgan fingerprint density at radius 2 is 1.58 bits per heavy atom. The summed E-state index contributed by atoms with van der Waals surface area (Å²) < 4.78 is 39.2. The van der Waals surface area contributed by atoms with Crippen molar-refractivity contribution in [2.45, 2.75) is 43.8 Å². The molecule has 2 saturated heterocycles. The molecule has 0 saturated carbocycles. The van der Waals surface area contributed by atoms with Gasteiger partial charge in [-0.1, -0.05) is 0 Å². The maximum absolute atomic E-state index is 13.2. The molecular formula is C14H17F3N2. The summed E-state index contributed by atoms with van der Waals surface area (Å²) in [6.07, 6.45) is 4.30. The van der Waals surface area contributed by atoms with Crippen LogP contribution in [0.25, 0.3) is 0 Å². The molecule has 5 heteroatoms. The second kappa shape index (κ2) is 4.71. The summed E-state index contributed by atoms with van der Waals surface area (Å²) in [4.78, 5) is 2.39. The van der Waals surface area contributed by atoms with E-state index in [2.05, 4.69) is 17.3 Å². The highest BCUT2D eigenvalue weighted by Crippen LogP contribution is 2.35. The molecule has 0 amide bonds. The molecule has 2 bridgehead atoms. The van der Waals surface area contributed by atoms with Crippen molar-refractivity contribution in [3.63, 3.8) is 0 Å². The Morgan fingerprint density at radius 1 is 1.05 bits per heavy atom. The van der Waals surface area contributed by atoms with Crippen LogP contribution in [0.5, 0.6) is 0 Å². The number of halogens is 3. The zero-order chi connectivity index (χ0) is 13.6. The summed E-state index contributed by atoms with van der Waals surface area (Å²) in [5.74, 6) is -3.69. The fraction of sp³-hybridized carbons (Fsp3) is 0.571. The van der Waals surface area contributed by atoms with E-state index in [-0.39, 0.29) is 6.04 Å². The van der Waals surface area contributed by atoms with Gasteiger partial charge in [-0.2, -0.15) is 0 Å². The molecule has 2 aliphatic rings. The summed E-state index contributed by atoms with van der Waals surface area (Å²) in [5, 5.41) is 3.14. The average Bonchev–Trinajstić information content (AvgIpc) is 2.60. The molecule has 2 atom stereocenters. The number of fused-ring (bicyclic) bond motifs is 2. The van der Waals surface area contributed by atoms with Gasteiger partial charge in [0, 0.05) is 35.9 Å². The zero-order valence-electron chi connectivity index (χ0n) is 10.8. The molecule has 3 rings (SSSR count). The van der Waals surface area contributed by atoms with Gasteiger partial charge in [0.05, 0.1) is 0 Å². The van der Waals surface area contributed by atoms with Crippen molar-refractivity contribution in [1.82, 2.24) is 4.90 Å². The molecule has 2 fully saturated rings. The summed E-state index contributed by atoms with van der Waals surface area (Å²) in [6.45, 7) is 0. The maximum atomic E-state index is 13.2. The predicted octanol–water partition coefficient (Wildman–Crippen LogP) is 3.14. The van der Waals surface area contributed by atoms with E-state index >= 15 is 0 Å². The van der Waals surface area contributed by atoms with E-state index in [1.165, 1.54) is 12.8 Å². The lowest BCUT2D eigenvalue weighted by atomic mass is 9.98. The third-order valence-electron chi connectivity index (χ3n) is 4.45. The van der Waals surface area contributed by atoms with Crippen molar-refractivity contribution < 1.29 is 13.2 Å². The van der Waals surface area contributed by atoms with Crippen molar-refractivity contribution in [2.24, 2.45) is 0 Å². The number of rotatable bonds is 2. The van der Waals surface area contributed by atoms with E-state index in [0.29, 0.717) is 17.8 Å². The fourth-order valence-corrected chi connectivity index (χ4v) is 3.40. The zero-order valence-corrected chi connectivity index (χ0v) is 10.8. The minimum Gasteiger partial charge on any atom is -0.382 e. The van der Waals surface area contributed by atoms with Crippen molar-refractivity contribution in [3.05, 3.63) is 29.6 Å². The van der Waals surface area contributed by atoms with Gasteiger partial charge in [-0.25, -0.2) is 13.2 Å². The number of piperidine rings is 1. The van der Waals surface area contributed by atoms with E-state index < -0.39 is 17.5 Å². The van der Waals surface area contributed by atoms with Gasteiger partial charge in [-0.3, -0.25) is 0 Å². The van der Waals surface area contributed by atoms with Crippen LogP contribution in [0.1, 0.15) is 25.7 Å². The Hall–Kier alpha value is -1.23. The largest absolute Gasteiger partial charge is 0.382 e. The molecule has 0 spiro atoms. The van der Waals surface area contributed by atoms with Crippen LogP contribution < -0.4 is 5.32 Å². The fourth-order valence-electron chi connectivity index (χ4n) is 3.40. The highest BCUT2D eigenvalue weighted by molar-refractivity contribution is 5.45. The quantitative estimate of drug-likeness (QED) is 0.831. The van der Waals surface area contributed by atoms with Crippen LogP contribution in [0.4, 0.5) is 18.9 Å². The van der Waals surface area contributed by atoms with E-state index in [1.807, 2.05) is 0 Å². The molecular weight excluding hydrogens is 253 g/mol. The normalized spacial score (nSPS) is 30.6. The number of benzene rings is 1. The van der Waals surface area contributed by atoms with Crippen molar-refractivity contribution in [1.29, 1.82) is 0 Å². The molecule has 1 aromatic carbocycles. The van der Waals surface area contributed by atoms with Gasteiger partial charge in [-0.15, -0.1) is 0 Å². The van der Waals surface area contributed by atoms with Crippen molar-refractivity contribution in [2.75, 3.05) is 12.4 Å². The Kier molecular flexibility index (Phi) is 3.17.